The number of amides is 1. The van der Waals surface area contributed by atoms with E-state index in [2.05, 4.69) is 10.1 Å². The van der Waals surface area contributed by atoms with Gasteiger partial charge in [0.05, 0.1) is 29.6 Å². The van der Waals surface area contributed by atoms with Gasteiger partial charge in [0.25, 0.3) is 5.91 Å². The zero-order valence-corrected chi connectivity index (χ0v) is 16.8. The van der Waals surface area contributed by atoms with Crippen LogP contribution in [0.1, 0.15) is 26.3 Å². The minimum Gasteiger partial charge on any atom is -0.465 e. The van der Waals surface area contributed by atoms with Crippen LogP contribution < -0.4 is 9.62 Å². The fourth-order valence-corrected chi connectivity index (χ4v) is 3.09. The summed E-state index contributed by atoms with van der Waals surface area (Å²) in [6, 6.07) is 9.16. The second-order valence-corrected chi connectivity index (χ2v) is 8.29. The van der Waals surface area contributed by atoms with Gasteiger partial charge in [0, 0.05) is 18.3 Å². The Balaban J connectivity index is 2.33. The number of rotatable bonds is 5. The van der Waals surface area contributed by atoms with Crippen LogP contribution in [-0.4, -0.2) is 40.7 Å². The standard InChI is InChI=1S/C18H19ClN2O5S/c1-11-5-6-12(9-16(11)21(2)27(4,24)25)17(22)20-13-7-8-15(19)14(10-13)18(23)26-3/h5-10H,1-4H3,(H,20,22). The molecular formula is C18H19ClN2O5S. The van der Waals surface area contributed by atoms with E-state index in [-0.39, 0.29) is 16.1 Å². The van der Waals surface area contributed by atoms with Gasteiger partial charge in [-0.1, -0.05) is 17.7 Å². The summed E-state index contributed by atoms with van der Waals surface area (Å²) in [7, 11) is -0.817. The molecule has 1 N–H and O–H groups in total. The first-order valence-electron chi connectivity index (χ1n) is 7.78. The Hall–Kier alpha value is -2.58. The molecular weight excluding hydrogens is 392 g/mol. The number of carbonyl (C=O) groups is 2. The third-order valence-corrected chi connectivity index (χ3v) is 5.46. The molecule has 0 saturated carbocycles. The summed E-state index contributed by atoms with van der Waals surface area (Å²) in [5.74, 6) is -1.08. The zero-order chi connectivity index (χ0) is 20.4. The Bertz CT molecular complexity index is 1000. The van der Waals surface area contributed by atoms with Gasteiger partial charge in [-0.05, 0) is 42.8 Å². The van der Waals surface area contributed by atoms with Crippen molar-refractivity contribution in [2.45, 2.75) is 6.92 Å². The third-order valence-electron chi connectivity index (χ3n) is 3.94. The third kappa shape index (κ3) is 4.78. The Morgan fingerprint density at radius 3 is 2.41 bits per heavy atom. The molecule has 0 aliphatic heterocycles. The number of methoxy groups -OCH3 is 1. The van der Waals surface area contributed by atoms with Gasteiger partial charge >= 0.3 is 5.97 Å². The lowest BCUT2D eigenvalue weighted by Crippen LogP contribution is -2.26. The predicted molar refractivity (Wildman–Crippen MR) is 105 cm³/mol. The molecule has 0 unspecified atom stereocenters. The number of nitrogens with zero attached hydrogens (tertiary/aromatic N) is 1. The molecule has 0 heterocycles. The molecule has 0 aliphatic rings. The number of ether oxygens (including phenoxy) is 1. The van der Waals surface area contributed by atoms with Gasteiger partial charge in [-0.2, -0.15) is 0 Å². The molecule has 27 heavy (non-hydrogen) atoms. The van der Waals surface area contributed by atoms with Gasteiger partial charge in [0.2, 0.25) is 10.0 Å². The number of anilines is 2. The Kier molecular flexibility index (Phi) is 6.12. The number of nitrogens with one attached hydrogen (secondary N) is 1. The van der Waals surface area contributed by atoms with Gasteiger partial charge < -0.3 is 10.1 Å². The molecule has 0 spiro atoms. The summed E-state index contributed by atoms with van der Waals surface area (Å²) < 4.78 is 29.3. The molecule has 0 bridgehead atoms. The minimum absolute atomic E-state index is 0.123. The van der Waals surface area contributed by atoms with Gasteiger partial charge in [0.1, 0.15) is 0 Å². The van der Waals surface area contributed by atoms with E-state index >= 15 is 0 Å². The lowest BCUT2D eigenvalue weighted by atomic mass is 10.1. The average molecular weight is 411 g/mol. The van der Waals surface area contributed by atoms with E-state index in [1.54, 1.807) is 25.1 Å². The van der Waals surface area contributed by atoms with Crippen LogP contribution in [0.5, 0.6) is 0 Å². The van der Waals surface area contributed by atoms with Crippen molar-refractivity contribution >= 4 is 44.9 Å². The van der Waals surface area contributed by atoms with E-state index in [1.165, 1.54) is 32.4 Å². The molecule has 144 valence electrons. The average Bonchev–Trinajstić information content (AvgIpc) is 2.61. The lowest BCUT2D eigenvalue weighted by Gasteiger charge is -2.19. The van der Waals surface area contributed by atoms with Crippen molar-refractivity contribution in [1.29, 1.82) is 0 Å². The Labute approximate surface area is 162 Å². The van der Waals surface area contributed by atoms with Crippen LogP contribution in [-0.2, 0) is 14.8 Å². The number of hydrogen-bond donors (Lipinski definition) is 1. The molecule has 0 aromatic heterocycles. The molecule has 0 atom stereocenters. The molecule has 2 rings (SSSR count). The maximum Gasteiger partial charge on any atom is 0.339 e. The zero-order valence-electron chi connectivity index (χ0n) is 15.2. The van der Waals surface area contributed by atoms with E-state index in [9.17, 15) is 18.0 Å². The van der Waals surface area contributed by atoms with Crippen LogP contribution in [0.25, 0.3) is 0 Å². The number of hydrogen-bond acceptors (Lipinski definition) is 5. The molecule has 1 amide bonds. The minimum atomic E-state index is -3.47. The highest BCUT2D eigenvalue weighted by atomic mass is 35.5. The SMILES string of the molecule is COC(=O)c1cc(NC(=O)c2ccc(C)c(N(C)S(C)(=O)=O)c2)ccc1Cl. The van der Waals surface area contributed by atoms with E-state index in [0.717, 1.165) is 10.6 Å². The number of sulfonamides is 1. The van der Waals surface area contributed by atoms with E-state index in [1.807, 2.05) is 0 Å². The Morgan fingerprint density at radius 1 is 1.15 bits per heavy atom. The number of aryl methyl sites for hydroxylation is 1. The topological polar surface area (TPSA) is 92.8 Å². The summed E-state index contributed by atoms with van der Waals surface area (Å²) in [4.78, 5) is 24.3. The molecule has 2 aromatic carbocycles. The number of benzene rings is 2. The van der Waals surface area contributed by atoms with Crippen molar-refractivity contribution in [2.24, 2.45) is 0 Å². The van der Waals surface area contributed by atoms with Crippen LogP contribution in [0, 0.1) is 6.92 Å². The second-order valence-electron chi connectivity index (χ2n) is 5.87. The summed E-state index contributed by atoms with van der Waals surface area (Å²) in [6.45, 7) is 1.75. The molecule has 0 saturated heterocycles. The first-order valence-corrected chi connectivity index (χ1v) is 10.0. The quantitative estimate of drug-likeness (QED) is 0.764. The van der Waals surface area contributed by atoms with Crippen LogP contribution in [0.4, 0.5) is 11.4 Å². The first kappa shape index (κ1) is 20.7. The number of esters is 1. The van der Waals surface area contributed by atoms with Crippen LogP contribution in [0.3, 0.4) is 0 Å². The van der Waals surface area contributed by atoms with Crippen LogP contribution in [0.15, 0.2) is 36.4 Å². The van der Waals surface area contributed by atoms with Gasteiger partial charge in [-0.3, -0.25) is 9.10 Å². The summed E-state index contributed by atoms with van der Waals surface area (Å²) in [6.07, 6.45) is 1.08. The second kappa shape index (κ2) is 7.98. The first-order chi connectivity index (χ1) is 12.5. The summed E-state index contributed by atoms with van der Waals surface area (Å²) in [5, 5.41) is 2.86. The molecule has 9 heteroatoms. The van der Waals surface area contributed by atoms with Crippen molar-refractivity contribution in [3.05, 3.63) is 58.1 Å². The molecule has 2 aromatic rings. The fourth-order valence-electron chi connectivity index (χ4n) is 2.34. The number of carbonyl (C=O) groups excluding carboxylic acids is 2. The van der Waals surface area contributed by atoms with Gasteiger partial charge in [0.15, 0.2) is 0 Å². The highest BCUT2D eigenvalue weighted by molar-refractivity contribution is 7.92. The largest absolute Gasteiger partial charge is 0.465 e. The van der Waals surface area contributed by atoms with Gasteiger partial charge in [-0.15, -0.1) is 0 Å². The fraction of sp³-hybridized carbons (Fsp3) is 0.222. The van der Waals surface area contributed by atoms with Crippen molar-refractivity contribution in [2.75, 3.05) is 30.0 Å². The van der Waals surface area contributed by atoms with Gasteiger partial charge in [-0.25, -0.2) is 13.2 Å². The lowest BCUT2D eigenvalue weighted by molar-refractivity contribution is 0.0600. The molecule has 0 radical (unpaired) electrons. The summed E-state index contributed by atoms with van der Waals surface area (Å²) in [5.41, 5.74) is 1.85. The molecule has 0 fully saturated rings. The maximum absolute atomic E-state index is 12.6. The number of halogens is 1. The van der Waals surface area contributed by atoms with Crippen molar-refractivity contribution < 1.29 is 22.7 Å². The van der Waals surface area contributed by atoms with Crippen LogP contribution >= 0.6 is 11.6 Å². The maximum atomic E-state index is 12.6. The highest BCUT2D eigenvalue weighted by Gasteiger charge is 2.17. The van der Waals surface area contributed by atoms with Crippen molar-refractivity contribution in [1.82, 2.24) is 0 Å². The normalized spacial score (nSPS) is 11.0. The smallest absolute Gasteiger partial charge is 0.339 e. The van der Waals surface area contributed by atoms with E-state index in [4.69, 9.17) is 11.6 Å². The van der Waals surface area contributed by atoms with Crippen LogP contribution in [0.2, 0.25) is 5.02 Å². The van der Waals surface area contributed by atoms with Crippen molar-refractivity contribution in [3.63, 3.8) is 0 Å². The summed E-state index contributed by atoms with van der Waals surface area (Å²) >= 11 is 5.96. The van der Waals surface area contributed by atoms with E-state index < -0.39 is 21.9 Å². The highest BCUT2D eigenvalue weighted by Crippen LogP contribution is 2.25. The van der Waals surface area contributed by atoms with Crippen molar-refractivity contribution in [3.8, 4) is 0 Å². The molecule has 7 nitrogen and oxygen atoms in total. The van der Waals surface area contributed by atoms with E-state index in [0.29, 0.717) is 16.9 Å². The molecule has 0 aliphatic carbocycles. The predicted octanol–water partition coefficient (Wildman–Crippen LogP) is 3.08. The Morgan fingerprint density at radius 2 is 1.81 bits per heavy atom. The monoisotopic (exact) mass is 410 g/mol.